The molecule has 2 heterocycles. The highest BCUT2D eigenvalue weighted by atomic mass is 16.5. The van der Waals surface area contributed by atoms with Crippen LogP contribution in [0.15, 0.2) is 67.3 Å². The number of aromatic nitrogens is 2. The molecule has 136 valence electrons. The van der Waals surface area contributed by atoms with E-state index in [4.69, 9.17) is 4.74 Å². The van der Waals surface area contributed by atoms with Crippen molar-refractivity contribution in [2.45, 2.75) is 19.1 Å². The van der Waals surface area contributed by atoms with E-state index in [1.807, 2.05) is 29.0 Å². The molecular formula is C20H18N4O3. The second-order valence-electron chi connectivity index (χ2n) is 6.48. The minimum Gasteiger partial charge on any atom is -0.466 e. The summed E-state index contributed by atoms with van der Waals surface area (Å²) in [6, 6.07) is 14.4. The number of carbonyl (C=O) groups excluding carboxylic acids is 2. The maximum Gasteiger partial charge on any atom is 0.278 e. The van der Waals surface area contributed by atoms with Gasteiger partial charge in [0.1, 0.15) is 5.75 Å². The van der Waals surface area contributed by atoms with Crippen LogP contribution in [0.25, 0.3) is 0 Å². The summed E-state index contributed by atoms with van der Waals surface area (Å²) >= 11 is 0. The molecule has 1 unspecified atom stereocenters. The molecule has 0 spiro atoms. The minimum atomic E-state index is -1.66. The Kier molecular flexibility index (Phi) is 4.12. The Morgan fingerprint density at radius 2 is 2.11 bits per heavy atom. The van der Waals surface area contributed by atoms with Crippen molar-refractivity contribution in [3.05, 3.63) is 72.8 Å². The number of amides is 2. The summed E-state index contributed by atoms with van der Waals surface area (Å²) in [5.74, 6) is -0.578. The summed E-state index contributed by atoms with van der Waals surface area (Å²) < 4.78 is 7.67. The van der Waals surface area contributed by atoms with Gasteiger partial charge in [-0.2, -0.15) is 0 Å². The van der Waals surface area contributed by atoms with Crippen LogP contribution in [-0.2, 0) is 16.1 Å². The van der Waals surface area contributed by atoms with Gasteiger partial charge >= 0.3 is 0 Å². The number of hydrogen-bond donors (Lipinski definition) is 2. The number of anilines is 2. The Balaban J connectivity index is 1.53. The van der Waals surface area contributed by atoms with Crippen LogP contribution in [0.3, 0.4) is 0 Å². The van der Waals surface area contributed by atoms with Crippen molar-refractivity contribution >= 4 is 23.2 Å². The zero-order chi connectivity index (χ0) is 18.9. The SMILES string of the molecule is CC1(C(=O)Nc2cccc(Cn3ccnc3)c2)Oc2ccccc2NC1=O. The molecule has 0 saturated carbocycles. The molecule has 0 radical (unpaired) electrons. The van der Waals surface area contributed by atoms with Crippen molar-refractivity contribution in [2.24, 2.45) is 0 Å². The molecule has 0 fully saturated rings. The highest BCUT2D eigenvalue weighted by molar-refractivity contribution is 6.19. The minimum absolute atomic E-state index is 0.462. The number of benzene rings is 2. The molecule has 2 aromatic carbocycles. The molecule has 27 heavy (non-hydrogen) atoms. The monoisotopic (exact) mass is 362 g/mol. The summed E-state index contributed by atoms with van der Waals surface area (Å²) in [6.07, 6.45) is 5.30. The first-order valence-electron chi connectivity index (χ1n) is 8.50. The smallest absolute Gasteiger partial charge is 0.278 e. The van der Waals surface area contributed by atoms with Crippen LogP contribution in [0.4, 0.5) is 11.4 Å². The van der Waals surface area contributed by atoms with E-state index in [0.29, 0.717) is 23.7 Å². The summed E-state index contributed by atoms with van der Waals surface area (Å²) in [7, 11) is 0. The van der Waals surface area contributed by atoms with E-state index in [-0.39, 0.29) is 0 Å². The van der Waals surface area contributed by atoms with E-state index in [9.17, 15) is 9.59 Å². The van der Waals surface area contributed by atoms with Crippen molar-refractivity contribution in [3.8, 4) is 5.75 Å². The van der Waals surface area contributed by atoms with Crippen LogP contribution in [0, 0.1) is 0 Å². The number of hydrogen-bond acceptors (Lipinski definition) is 4. The van der Waals surface area contributed by atoms with Crippen molar-refractivity contribution in [1.29, 1.82) is 0 Å². The van der Waals surface area contributed by atoms with E-state index >= 15 is 0 Å². The van der Waals surface area contributed by atoms with Gasteiger partial charge in [0, 0.05) is 24.6 Å². The predicted molar refractivity (Wildman–Crippen MR) is 101 cm³/mol. The Bertz CT molecular complexity index is 1000. The lowest BCUT2D eigenvalue weighted by Crippen LogP contribution is -2.56. The Morgan fingerprint density at radius 3 is 2.93 bits per heavy atom. The van der Waals surface area contributed by atoms with E-state index < -0.39 is 17.4 Å². The first-order valence-corrected chi connectivity index (χ1v) is 8.50. The predicted octanol–water partition coefficient (Wildman–Crippen LogP) is 2.66. The van der Waals surface area contributed by atoms with Crippen LogP contribution in [-0.4, -0.2) is 27.0 Å². The Labute approximate surface area is 156 Å². The van der Waals surface area contributed by atoms with E-state index in [2.05, 4.69) is 15.6 Å². The average molecular weight is 362 g/mol. The van der Waals surface area contributed by atoms with Crippen molar-refractivity contribution < 1.29 is 14.3 Å². The largest absolute Gasteiger partial charge is 0.466 e. The Hall–Kier alpha value is -3.61. The van der Waals surface area contributed by atoms with Gasteiger partial charge in [-0.05, 0) is 36.8 Å². The summed E-state index contributed by atoms with van der Waals surface area (Å²) in [5.41, 5.74) is 0.480. The van der Waals surface area contributed by atoms with Gasteiger partial charge in [-0.25, -0.2) is 4.98 Å². The highest BCUT2D eigenvalue weighted by Crippen LogP contribution is 2.33. The van der Waals surface area contributed by atoms with Crippen LogP contribution in [0.1, 0.15) is 12.5 Å². The summed E-state index contributed by atoms with van der Waals surface area (Å²) in [4.78, 5) is 29.3. The molecule has 0 bridgehead atoms. The molecule has 4 rings (SSSR count). The number of nitrogens with zero attached hydrogens (tertiary/aromatic N) is 2. The number of ether oxygens (including phenoxy) is 1. The van der Waals surface area contributed by atoms with E-state index in [1.165, 1.54) is 6.92 Å². The van der Waals surface area contributed by atoms with Gasteiger partial charge in [0.05, 0.1) is 12.0 Å². The topological polar surface area (TPSA) is 85.2 Å². The fourth-order valence-electron chi connectivity index (χ4n) is 2.91. The maximum atomic E-state index is 12.8. The van der Waals surface area contributed by atoms with Gasteiger partial charge in [0.2, 0.25) is 0 Å². The van der Waals surface area contributed by atoms with Crippen molar-refractivity contribution in [3.63, 3.8) is 0 Å². The van der Waals surface area contributed by atoms with Gasteiger partial charge in [-0.3, -0.25) is 9.59 Å². The number of para-hydroxylation sites is 2. The van der Waals surface area contributed by atoms with Gasteiger partial charge in [-0.1, -0.05) is 24.3 Å². The number of rotatable bonds is 4. The quantitative estimate of drug-likeness (QED) is 0.699. The molecule has 2 N–H and O–H groups in total. The molecule has 0 saturated heterocycles. The summed E-state index contributed by atoms with van der Waals surface area (Å²) in [6.45, 7) is 2.09. The molecule has 3 aromatic rings. The third kappa shape index (κ3) is 3.27. The molecule has 7 nitrogen and oxygen atoms in total. The number of carbonyl (C=O) groups is 2. The maximum absolute atomic E-state index is 12.8. The van der Waals surface area contributed by atoms with Gasteiger partial charge in [0.25, 0.3) is 17.4 Å². The van der Waals surface area contributed by atoms with Crippen LogP contribution >= 0.6 is 0 Å². The van der Waals surface area contributed by atoms with E-state index in [1.54, 1.807) is 42.9 Å². The molecule has 0 aliphatic carbocycles. The molecular weight excluding hydrogens is 344 g/mol. The Morgan fingerprint density at radius 1 is 1.26 bits per heavy atom. The first kappa shape index (κ1) is 16.8. The van der Waals surface area contributed by atoms with Crippen molar-refractivity contribution in [2.75, 3.05) is 10.6 Å². The average Bonchev–Trinajstić information content (AvgIpc) is 3.16. The van der Waals surface area contributed by atoms with Gasteiger partial charge in [-0.15, -0.1) is 0 Å². The second kappa shape index (κ2) is 6.60. The standard InChI is InChI=1S/C20H18N4O3/c1-20(19(26)23-16-7-2-3-8-17(16)27-20)18(25)22-15-6-4-5-14(11-15)12-24-10-9-21-13-24/h2-11,13H,12H2,1H3,(H,22,25)(H,23,26). The third-order valence-electron chi connectivity index (χ3n) is 4.43. The number of imidazole rings is 1. The molecule has 1 aromatic heterocycles. The zero-order valence-corrected chi connectivity index (χ0v) is 14.7. The molecule has 1 aliphatic heterocycles. The van der Waals surface area contributed by atoms with Crippen LogP contribution in [0.2, 0.25) is 0 Å². The normalized spacial score (nSPS) is 18.2. The fraction of sp³-hybridized carbons (Fsp3) is 0.150. The fourth-order valence-corrected chi connectivity index (χ4v) is 2.91. The summed E-state index contributed by atoms with van der Waals surface area (Å²) in [5, 5.41) is 5.51. The third-order valence-corrected chi connectivity index (χ3v) is 4.43. The molecule has 1 aliphatic rings. The highest BCUT2D eigenvalue weighted by Gasteiger charge is 2.47. The molecule has 7 heteroatoms. The van der Waals surface area contributed by atoms with Crippen LogP contribution in [0.5, 0.6) is 5.75 Å². The van der Waals surface area contributed by atoms with Crippen molar-refractivity contribution in [1.82, 2.24) is 9.55 Å². The number of fused-ring (bicyclic) bond motifs is 1. The lowest BCUT2D eigenvalue weighted by atomic mass is 10.0. The lowest BCUT2D eigenvalue weighted by molar-refractivity contribution is -0.143. The van der Waals surface area contributed by atoms with Gasteiger partial charge < -0.3 is 19.9 Å². The van der Waals surface area contributed by atoms with Gasteiger partial charge in [0.15, 0.2) is 0 Å². The molecule has 1 atom stereocenters. The number of nitrogens with one attached hydrogen (secondary N) is 2. The second-order valence-corrected chi connectivity index (χ2v) is 6.48. The van der Waals surface area contributed by atoms with Crippen LogP contribution < -0.4 is 15.4 Å². The van der Waals surface area contributed by atoms with E-state index in [0.717, 1.165) is 5.56 Å². The first-order chi connectivity index (χ1) is 13.0. The molecule has 2 amide bonds. The zero-order valence-electron chi connectivity index (χ0n) is 14.7. The lowest BCUT2D eigenvalue weighted by Gasteiger charge is -2.33.